The molecular weight excluding hydrogens is 409 g/mol. The van der Waals surface area contributed by atoms with Crippen LogP contribution in [0.2, 0.25) is 0 Å². The third-order valence-electron chi connectivity index (χ3n) is 5.15. The highest BCUT2D eigenvalue weighted by Crippen LogP contribution is 2.59. The molecule has 0 amide bonds. The van der Waals surface area contributed by atoms with Crippen molar-refractivity contribution < 1.29 is 23.4 Å². The molecule has 1 heterocycles. The normalized spacial score (nSPS) is 16.0. The molecule has 0 saturated carbocycles. The maximum absolute atomic E-state index is 12.6. The van der Waals surface area contributed by atoms with E-state index in [0.29, 0.717) is 11.4 Å². The quantitative estimate of drug-likeness (QED) is 0.366. The summed E-state index contributed by atoms with van der Waals surface area (Å²) in [6, 6.07) is 18.8. The highest BCUT2D eigenvalue weighted by molar-refractivity contribution is 8.07. The number of aromatic nitrogens is 1. The van der Waals surface area contributed by atoms with E-state index in [9.17, 15) is 10.1 Å². The minimum absolute atomic E-state index is 0.143. The Morgan fingerprint density at radius 2 is 1.62 bits per heavy atom. The van der Waals surface area contributed by atoms with Crippen LogP contribution < -0.4 is 9.47 Å². The average Bonchev–Trinajstić information content (AvgIpc) is 3.00. The van der Waals surface area contributed by atoms with Gasteiger partial charge >= 0.3 is 6.72 Å². The van der Waals surface area contributed by atoms with Gasteiger partial charge in [0.2, 0.25) is 0 Å². The Bertz CT molecular complexity index is 1070. The molecule has 150 valence electrons. The Labute approximate surface area is 174 Å². The van der Waals surface area contributed by atoms with E-state index in [4.69, 9.17) is 25.6 Å². The van der Waals surface area contributed by atoms with Crippen LogP contribution in [0.5, 0.6) is 5.75 Å². The topological polar surface area (TPSA) is 74.9 Å². The molecule has 2 aromatic carbocycles. The second-order valence-electron chi connectivity index (χ2n) is 6.72. The lowest BCUT2D eigenvalue weighted by molar-refractivity contribution is -0.614. The molecular formula is C21H20NO5PS. The highest BCUT2D eigenvalue weighted by Gasteiger charge is 2.49. The number of hydrogen-bond donors (Lipinski definition) is 1. The molecule has 1 N–H and O–H groups in total. The third kappa shape index (κ3) is 3.45. The first-order valence-electron chi connectivity index (χ1n) is 8.95. The van der Waals surface area contributed by atoms with E-state index < -0.39 is 12.3 Å². The van der Waals surface area contributed by atoms with Gasteiger partial charge in [0.1, 0.15) is 11.4 Å². The molecule has 0 fully saturated rings. The summed E-state index contributed by atoms with van der Waals surface area (Å²) < 4.78 is 17.4. The first-order chi connectivity index (χ1) is 13.9. The van der Waals surface area contributed by atoms with Gasteiger partial charge in [-0.25, -0.2) is 0 Å². The largest absolute Gasteiger partial charge is 0.618 e. The van der Waals surface area contributed by atoms with Crippen molar-refractivity contribution in [1.82, 2.24) is 0 Å². The summed E-state index contributed by atoms with van der Waals surface area (Å²) in [6.45, 7) is -3.58. The molecule has 6 nitrogen and oxygen atoms in total. The van der Waals surface area contributed by atoms with E-state index in [1.807, 2.05) is 48.5 Å². The van der Waals surface area contributed by atoms with E-state index in [1.165, 1.54) is 13.3 Å². The van der Waals surface area contributed by atoms with Crippen molar-refractivity contribution in [2.45, 2.75) is 12.0 Å². The van der Waals surface area contributed by atoms with Crippen molar-refractivity contribution in [2.24, 2.45) is 0 Å². The monoisotopic (exact) mass is 429 g/mol. The first-order valence-corrected chi connectivity index (χ1v) is 11.5. The van der Waals surface area contributed by atoms with Crippen LogP contribution in [0.3, 0.4) is 0 Å². The Kier molecular flexibility index (Phi) is 5.19. The maximum Gasteiger partial charge on any atom is 0.325 e. The maximum atomic E-state index is 12.6. The highest BCUT2D eigenvalue weighted by atomic mass is 32.5. The van der Waals surface area contributed by atoms with Crippen LogP contribution >= 0.6 is 6.72 Å². The summed E-state index contributed by atoms with van der Waals surface area (Å²) >= 11 is 5.22. The van der Waals surface area contributed by atoms with Crippen LogP contribution in [0.4, 0.5) is 0 Å². The Morgan fingerprint density at radius 3 is 2.17 bits per heavy atom. The van der Waals surface area contributed by atoms with Crippen molar-refractivity contribution in [3.63, 3.8) is 0 Å². The summed E-state index contributed by atoms with van der Waals surface area (Å²) in [5.41, 5.74) is 2.83. The summed E-state index contributed by atoms with van der Waals surface area (Å²) in [6.07, 6.45) is 1.53. The van der Waals surface area contributed by atoms with Crippen molar-refractivity contribution in [2.75, 3.05) is 14.2 Å². The van der Waals surface area contributed by atoms with Crippen LogP contribution in [0, 0.1) is 5.21 Å². The van der Waals surface area contributed by atoms with Crippen molar-refractivity contribution in [3.8, 4) is 16.9 Å². The number of ether oxygens (including phenoxy) is 1. The molecule has 29 heavy (non-hydrogen) atoms. The predicted octanol–water partition coefficient (Wildman–Crippen LogP) is 3.68. The van der Waals surface area contributed by atoms with Crippen LogP contribution in [-0.2, 0) is 32.9 Å². The molecule has 0 aliphatic heterocycles. The molecule has 0 bridgehead atoms. The summed E-state index contributed by atoms with van der Waals surface area (Å²) in [7, 11) is 2.86. The van der Waals surface area contributed by atoms with Gasteiger partial charge in [-0.05, 0) is 34.1 Å². The van der Waals surface area contributed by atoms with Gasteiger partial charge in [0.25, 0.3) is 0 Å². The van der Waals surface area contributed by atoms with Crippen LogP contribution in [-0.4, -0.2) is 19.1 Å². The smallest absolute Gasteiger partial charge is 0.325 e. The molecule has 1 aliphatic carbocycles. The van der Waals surface area contributed by atoms with E-state index in [0.717, 1.165) is 27.0 Å². The van der Waals surface area contributed by atoms with Crippen molar-refractivity contribution in [1.29, 1.82) is 0 Å². The van der Waals surface area contributed by atoms with Gasteiger partial charge in [-0.15, -0.1) is 0 Å². The van der Waals surface area contributed by atoms with E-state index in [2.05, 4.69) is 0 Å². The van der Waals surface area contributed by atoms with E-state index in [1.54, 1.807) is 19.2 Å². The number of methoxy groups -OCH3 is 1. The van der Waals surface area contributed by atoms with Crippen molar-refractivity contribution in [3.05, 3.63) is 88.9 Å². The lowest BCUT2D eigenvalue weighted by atomic mass is 9.86. The zero-order valence-corrected chi connectivity index (χ0v) is 17.7. The minimum Gasteiger partial charge on any atom is -0.618 e. The number of rotatable bonds is 6. The molecule has 1 aliphatic rings. The van der Waals surface area contributed by atoms with Gasteiger partial charge in [-0.1, -0.05) is 48.5 Å². The number of hydrogen-bond acceptors (Lipinski definition) is 5. The Morgan fingerprint density at radius 1 is 1.03 bits per heavy atom. The fourth-order valence-electron chi connectivity index (χ4n) is 3.86. The zero-order valence-electron chi connectivity index (χ0n) is 15.9. The average molecular weight is 429 g/mol. The van der Waals surface area contributed by atoms with Crippen LogP contribution in [0.15, 0.2) is 66.9 Å². The lowest BCUT2D eigenvalue weighted by Gasteiger charge is -2.33. The molecule has 4 rings (SSSR count). The second kappa shape index (κ2) is 7.52. The van der Waals surface area contributed by atoms with Gasteiger partial charge in [-0.2, -0.15) is 4.73 Å². The lowest BCUT2D eigenvalue weighted by Crippen LogP contribution is -2.39. The Balaban J connectivity index is 1.97. The number of fused-ring (bicyclic) bond motifs is 3. The van der Waals surface area contributed by atoms with Gasteiger partial charge in [0.05, 0.1) is 13.5 Å². The molecule has 0 spiro atoms. The standard InChI is InChI=1S/C21H20NO5PS/c1-25-16-11-12-22(23)15(13-16)14-21(27-28(24,29)26-2)19-9-5-3-7-17(19)18-8-4-6-10-20(18)21/h3-13H,14H2,1-2H3,(H,24,29). The predicted molar refractivity (Wildman–Crippen MR) is 113 cm³/mol. The molecule has 3 aromatic rings. The molecule has 1 atom stereocenters. The van der Waals surface area contributed by atoms with Crippen molar-refractivity contribution >= 4 is 18.5 Å². The van der Waals surface area contributed by atoms with Gasteiger partial charge in [0.15, 0.2) is 11.9 Å². The second-order valence-corrected chi connectivity index (χ2v) is 9.59. The molecule has 0 saturated heterocycles. The first kappa shape index (κ1) is 20.0. The SMILES string of the molecule is COc1cc[n+]([O-])c(CC2(OP(O)(=S)OC)c3ccccc3-c3ccccc32)c1. The third-order valence-corrected chi connectivity index (χ3v) is 6.82. The van der Waals surface area contributed by atoms with Crippen LogP contribution in [0.25, 0.3) is 11.1 Å². The number of benzene rings is 2. The molecule has 1 aromatic heterocycles. The van der Waals surface area contributed by atoms with Gasteiger partial charge < -0.3 is 19.4 Å². The molecule has 0 radical (unpaired) electrons. The molecule has 1 unspecified atom stereocenters. The minimum atomic E-state index is -3.58. The van der Waals surface area contributed by atoms with Gasteiger partial charge in [-0.3, -0.25) is 4.52 Å². The van der Waals surface area contributed by atoms with Crippen LogP contribution in [0.1, 0.15) is 16.8 Å². The zero-order chi connectivity index (χ0) is 20.6. The molecule has 8 heteroatoms. The Hall–Kier alpha value is -2.28. The number of pyridine rings is 1. The van der Waals surface area contributed by atoms with E-state index in [-0.39, 0.29) is 6.42 Å². The summed E-state index contributed by atoms with van der Waals surface area (Å²) in [4.78, 5) is 10.6. The summed E-state index contributed by atoms with van der Waals surface area (Å²) in [5.74, 6) is 0.553. The van der Waals surface area contributed by atoms with E-state index >= 15 is 0 Å². The van der Waals surface area contributed by atoms with Gasteiger partial charge in [0, 0.05) is 19.2 Å². The summed E-state index contributed by atoms with van der Waals surface area (Å²) in [5, 5.41) is 12.6. The number of nitrogens with zero attached hydrogens (tertiary/aromatic N) is 1. The fourth-order valence-corrected chi connectivity index (χ4v) is 4.98. The fraction of sp³-hybridized carbons (Fsp3) is 0.190.